The van der Waals surface area contributed by atoms with Gasteiger partial charge in [0.1, 0.15) is 6.04 Å². The molecule has 0 aliphatic rings. The van der Waals surface area contributed by atoms with Gasteiger partial charge in [0.2, 0.25) is 0 Å². The number of hydrogen-bond donors (Lipinski definition) is 0. The molecule has 0 heterocycles. The maximum atomic E-state index is 5.68. The molecule has 0 aliphatic heterocycles. The van der Waals surface area contributed by atoms with Gasteiger partial charge in [0.15, 0.2) is 0 Å². The predicted octanol–water partition coefficient (Wildman–Crippen LogP) is 2.70. The third-order valence-electron chi connectivity index (χ3n) is 3.86. The average molecular weight is 298 g/mol. The molecular weight excluding hydrogens is 270 g/mol. The molecule has 1 rings (SSSR count). The van der Waals surface area contributed by atoms with E-state index in [4.69, 9.17) is 13.3 Å². The second-order valence-corrected chi connectivity index (χ2v) is 9.32. The summed E-state index contributed by atoms with van der Waals surface area (Å²) in [7, 11) is 8.90. The summed E-state index contributed by atoms with van der Waals surface area (Å²) in [5.41, 5.74) is 1.42. The van der Waals surface area contributed by atoms with Gasteiger partial charge in [-0.05, 0) is 0 Å². The van der Waals surface area contributed by atoms with E-state index in [1.165, 1.54) is 5.56 Å². The summed E-state index contributed by atoms with van der Waals surface area (Å²) in [5, 5.41) is 0. The van der Waals surface area contributed by atoms with E-state index in [9.17, 15) is 0 Å². The zero-order valence-corrected chi connectivity index (χ0v) is 14.7. The highest BCUT2D eigenvalue weighted by molar-refractivity contribution is 6.62. The van der Waals surface area contributed by atoms with Crippen molar-refractivity contribution < 1.29 is 17.8 Å². The fraction of sp³-hybridized carbons (Fsp3) is 0.600. The highest BCUT2D eigenvalue weighted by Gasteiger charge is 2.52. The lowest BCUT2D eigenvalue weighted by atomic mass is 10.0. The number of rotatable bonds is 7. The van der Waals surface area contributed by atoms with Crippen LogP contribution in [-0.4, -0.2) is 55.8 Å². The molecule has 0 aromatic heterocycles. The van der Waals surface area contributed by atoms with Crippen molar-refractivity contribution in [1.29, 1.82) is 0 Å². The minimum Gasteiger partial charge on any atom is -0.377 e. The molecule has 0 amide bonds. The van der Waals surface area contributed by atoms with E-state index in [0.717, 1.165) is 4.48 Å². The molecule has 0 fully saturated rings. The van der Waals surface area contributed by atoms with Crippen LogP contribution in [0.25, 0.3) is 0 Å². The molecule has 0 saturated heterocycles. The molecule has 0 saturated carbocycles. The Labute approximate surface area is 124 Å². The second kappa shape index (κ2) is 6.82. The summed E-state index contributed by atoms with van der Waals surface area (Å²) >= 11 is 0. The van der Waals surface area contributed by atoms with Crippen LogP contribution in [0.1, 0.15) is 18.5 Å². The molecule has 0 N–H and O–H groups in total. The zero-order chi connectivity index (χ0) is 15.4. The van der Waals surface area contributed by atoms with E-state index in [1.54, 1.807) is 21.3 Å². The van der Waals surface area contributed by atoms with Crippen molar-refractivity contribution in [3.8, 4) is 0 Å². The average Bonchev–Trinajstić information content (AvgIpc) is 2.41. The molecule has 0 spiro atoms. The number of hydrogen-bond acceptors (Lipinski definition) is 3. The Hall–Kier alpha value is -0.723. The fourth-order valence-corrected chi connectivity index (χ4v) is 5.70. The summed E-state index contributed by atoms with van der Waals surface area (Å²) in [6.07, 6.45) is 0. The Morgan fingerprint density at radius 1 is 0.900 bits per heavy atom. The van der Waals surface area contributed by atoms with Crippen LogP contribution in [0.2, 0.25) is 5.54 Å². The van der Waals surface area contributed by atoms with Gasteiger partial charge in [-0.1, -0.05) is 37.3 Å². The molecule has 1 aromatic carbocycles. The standard InChI is InChI=1S/C15H28NO3Si/c1-13(20(17-5,18-6)19-7)15(16(2,3)4)14-11-9-8-10-12-14/h8-13,15H,1-7H3/q+1. The third kappa shape index (κ3) is 3.48. The minimum atomic E-state index is -2.69. The first-order valence-electron chi connectivity index (χ1n) is 6.84. The smallest absolute Gasteiger partial charge is 0.377 e. The molecule has 0 aliphatic carbocycles. The van der Waals surface area contributed by atoms with Gasteiger partial charge < -0.3 is 17.8 Å². The maximum Gasteiger partial charge on any atom is 0.509 e. The van der Waals surface area contributed by atoms with Gasteiger partial charge in [0, 0.05) is 26.9 Å². The molecule has 5 heteroatoms. The van der Waals surface area contributed by atoms with Crippen LogP contribution in [-0.2, 0) is 13.3 Å². The molecular formula is C15H28NO3Si+. The number of quaternary nitrogens is 1. The molecule has 4 nitrogen and oxygen atoms in total. The van der Waals surface area contributed by atoms with Crippen molar-refractivity contribution >= 4 is 8.80 Å². The summed E-state index contributed by atoms with van der Waals surface area (Å²) in [6, 6.07) is 10.7. The van der Waals surface area contributed by atoms with Crippen LogP contribution in [0.3, 0.4) is 0 Å². The Kier molecular flexibility index (Phi) is 5.91. The molecule has 2 atom stereocenters. The van der Waals surface area contributed by atoms with Gasteiger partial charge in [0.25, 0.3) is 0 Å². The van der Waals surface area contributed by atoms with Gasteiger partial charge in [-0.2, -0.15) is 0 Å². The second-order valence-electron chi connectivity index (χ2n) is 5.98. The summed E-state index contributed by atoms with van der Waals surface area (Å²) in [4.78, 5) is 0. The molecule has 114 valence electrons. The maximum absolute atomic E-state index is 5.68. The Morgan fingerprint density at radius 2 is 1.35 bits per heavy atom. The van der Waals surface area contributed by atoms with Crippen molar-refractivity contribution in [2.45, 2.75) is 18.5 Å². The highest BCUT2D eigenvalue weighted by Crippen LogP contribution is 2.41. The molecule has 0 bridgehead atoms. The van der Waals surface area contributed by atoms with Gasteiger partial charge in [-0.3, -0.25) is 0 Å². The monoisotopic (exact) mass is 298 g/mol. The van der Waals surface area contributed by atoms with E-state index in [2.05, 4.69) is 52.3 Å². The van der Waals surface area contributed by atoms with Crippen LogP contribution in [0, 0.1) is 0 Å². The van der Waals surface area contributed by atoms with E-state index in [-0.39, 0.29) is 11.6 Å². The lowest BCUT2D eigenvalue weighted by Gasteiger charge is -2.42. The largest absolute Gasteiger partial charge is 0.509 e. The molecule has 1 aromatic rings. The highest BCUT2D eigenvalue weighted by atomic mass is 28.4. The van der Waals surface area contributed by atoms with E-state index >= 15 is 0 Å². The van der Waals surface area contributed by atoms with Gasteiger partial charge in [0.05, 0.1) is 26.7 Å². The van der Waals surface area contributed by atoms with Crippen LogP contribution >= 0.6 is 0 Å². The first kappa shape index (κ1) is 17.3. The third-order valence-corrected chi connectivity index (χ3v) is 7.00. The van der Waals surface area contributed by atoms with Crippen molar-refractivity contribution in [3.63, 3.8) is 0 Å². The van der Waals surface area contributed by atoms with Gasteiger partial charge in [-0.15, -0.1) is 0 Å². The Morgan fingerprint density at radius 3 is 1.70 bits per heavy atom. The van der Waals surface area contributed by atoms with Gasteiger partial charge in [-0.25, -0.2) is 0 Å². The lowest BCUT2D eigenvalue weighted by molar-refractivity contribution is -0.902. The van der Waals surface area contributed by atoms with Crippen LogP contribution in [0.15, 0.2) is 30.3 Å². The first-order chi connectivity index (χ1) is 9.32. The van der Waals surface area contributed by atoms with Crippen molar-refractivity contribution in [2.75, 3.05) is 42.5 Å². The van der Waals surface area contributed by atoms with Crippen molar-refractivity contribution in [2.24, 2.45) is 0 Å². The quantitative estimate of drug-likeness (QED) is 0.572. The minimum absolute atomic E-state index is 0.143. The summed E-state index contributed by atoms with van der Waals surface area (Å²) in [6.45, 7) is 2.16. The molecule has 20 heavy (non-hydrogen) atoms. The van der Waals surface area contributed by atoms with Gasteiger partial charge >= 0.3 is 8.80 Å². The summed E-state index contributed by atoms with van der Waals surface area (Å²) < 4.78 is 17.8. The normalized spacial score (nSPS) is 15.9. The zero-order valence-electron chi connectivity index (χ0n) is 13.7. The SMILES string of the molecule is CO[Si](OC)(OC)C(C)C(c1ccccc1)[N+](C)(C)C. The predicted molar refractivity (Wildman–Crippen MR) is 83.4 cm³/mol. The first-order valence-corrected chi connectivity index (χ1v) is 8.64. The number of benzene rings is 1. The van der Waals surface area contributed by atoms with E-state index < -0.39 is 8.80 Å². The summed E-state index contributed by atoms with van der Waals surface area (Å²) in [5.74, 6) is 0. The van der Waals surface area contributed by atoms with Crippen LogP contribution in [0.5, 0.6) is 0 Å². The van der Waals surface area contributed by atoms with Crippen LogP contribution < -0.4 is 0 Å². The Bertz CT molecular complexity index is 393. The van der Waals surface area contributed by atoms with Crippen LogP contribution in [0.4, 0.5) is 0 Å². The van der Waals surface area contributed by atoms with Crippen molar-refractivity contribution in [1.82, 2.24) is 0 Å². The topological polar surface area (TPSA) is 27.7 Å². The lowest BCUT2D eigenvalue weighted by Crippen LogP contribution is -2.54. The molecule has 2 unspecified atom stereocenters. The van der Waals surface area contributed by atoms with E-state index in [1.807, 2.05) is 6.07 Å². The number of nitrogens with zero attached hydrogens (tertiary/aromatic N) is 1. The molecule has 0 radical (unpaired) electrons. The Balaban J connectivity index is 3.25. The van der Waals surface area contributed by atoms with E-state index in [0.29, 0.717) is 0 Å². The van der Waals surface area contributed by atoms with Crippen molar-refractivity contribution in [3.05, 3.63) is 35.9 Å². The fourth-order valence-electron chi connectivity index (χ4n) is 3.06.